The zero-order valence-corrected chi connectivity index (χ0v) is 7.34. The molecule has 0 saturated heterocycles. The molecule has 0 rings (SSSR count). The van der Waals surface area contributed by atoms with Crippen LogP contribution in [0.15, 0.2) is 12.7 Å². The lowest BCUT2D eigenvalue weighted by Crippen LogP contribution is -2.09. The topological polar surface area (TPSA) is 43.4 Å². The molecule has 0 aromatic carbocycles. The van der Waals surface area contributed by atoms with Crippen LogP contribution < -0.4 is 0 Å². The van der Waals surface area contributed by atoms with Gasteiger partial charge in [-0.1, -0.05) is 6.08 Å². The highest BCUT2D eigenvalue weighted by Crippen LogP contribution is 1.93. The lowest BCUT2D eigenvalue weighted by molar-refractivity contribution is -0.145. The first-order valence-electron chi connectivity index (χ1n) is 3.92. The van der Waals surface area contributed by atoms with E-state index in [1.807, 2.05) is 0 Å². The minimum absolute atomic E-state index is 0.117. The van der Waals surface area contributed by atoms with Crippen LogP contribution in [0, 0.1) is 0 Å². The summed E-state index contributed by atoms with van der Waals surface area (Å²) in [5.41, 5.74) is 0. The number of allylic oxidation sites excluding steroid dienone is 1. The van der Waals surface area contributed by atoms with Crippen LogP contribution in [-0.2, 0) is 14.3 Å². The maximum atomic E-state index is 10.7. The average Bonchev–Trinajstić information content (AvgIpc) is 1.97. The molecule has 0 saturated carbocycles. The molecule has 0 aromatic heterocycles. The van der Waals surface area contributed by atoms with Gasteiger partial charge in [-0.05, 0) is 19.8 Å². The van der Waals surface area contributed by atoms with Crippen molar-refractivity contribution in [3.8, 4) is 0 Å². The fourth-order valence-corrected chi connectivity index (χ4v) is 0.668. The Hall–Kier alpha value is -1.12. The minimum atomic E-state index is -0.438. The van der Waals surface area contributed by atoms with Crippen LogP contribution in [0.5, 0.6) is 0 Å². The average molecular weight is 170 g/mol. The van der Waals surface area contributed by atoms with Crippen LogP contribution >= 0.6 is 0 Å². The van der Waals surface area contributed by atoms with Gasteiger partial charge >= 0.3 is 5.97 Å². The highest BCUT2D eigenvalue weighted by molar-refractivity contribution is 5.94. The molecule has 3 nitrogen and oxygen atoms in total. The summed E-state index contributed by atoms with van der Waals surface area (Å²) in [5, 5.41) is 0. The molecule has 0 heterocycles. The van der Waals surface area contributed by atoms with E-state index >= 15 is 0 Å². The number of ether oxygens (including phenoxy) is 1. The summed E-state index contributed by atoms with van der Waals surface area (Å²) in [6.45, 7) is 5.27. The molecule has 0 radical (unpaired) electrons. The Kier molecular flexibility index (Phi) is 5.97. The molecular weight excluding hydrogens is 156 g/mol. The van der Waals surface area contributed by atoms with Crippen LogP contribution in [0.25, 0.3) is 0 Å². The Balaban J connectivity index is 3.31. The Morgan fingerprint density at radius 1 is 1.50 bits per heavy atom. The highest BCUT2D eigenvalue weighted by Gasteiger charge is 2.04. The number of unbranched alkanes of at least 4 members (excludes halogenated alkanes) is 1. The first-order valence-corrected chi connectivity index (χ1v) is 3.92. The summed E-state index contributed by atoms with van der Waals surface area (Å²) in [4.78, 5) is 21.2. The molecule has 0 amide bonds. The summed E-state index contributed by atoms with van der Waals surface area (Å²) in [5.74, 6) is -0.602. The van der Waals surface area contributed by atoms with Gasteiger partial charge in [-0.25, -0.2) is 0 Å². The number of carbonyl (C=O) groups is 2. The van der Waals surface area contributed by atoms with E-state index in [2.05, 4.69) is 6.58 Å². The van der Waals surface area contributed by atoms with Gasteiger partial charge in [-0.3, -0.25) is 9.59 Å². The van der Waals surface area contributed by atoms with E-state index in [0.717, 1.165) is 12.8 Å². The molecule has 0 aromatic rings. The number of esters is 1. The van der Waals surface area contributed by atoms with Crippen molar-refractivity contribution in [3.63, 3.8) is 0 Å². The maximum absolute atomic E-state index is 10.7. The largest absolute Gasteiger partial charge is 0.465 e. The van der Waals surface area contributed by atoms with Crippen molar-refractivity contribution in [2.24, 2.45) is 0 Å². The predicted octanol–water partition coefficient (Wildman–Crippen LogP) is 1.47. The van der Waals surface area contributed by atoms with E-state index in [1.54, 1.807) is 6.08 Å². The van der Waals surface area contributed by atoms with Gasteiger partial charge in [0.2, 0.25) is 0 Å². The summed E-state index contributed by atoms with van der Waals surface area (Å²) in [6.07, 6.45) is 3.24. The van der Waals surface area contributed by atoms with Gasteiger partial charge < -0.3 is 4.74 Å². The lowest BCUT2D eigenvalue weighted by Gasteiger charge is -2.00. The third kappa shape index (κ3) is 6.99. The van der Waals surface area contributed by atoms with E-state index < -0.39 is 5.97 Å². The van der Waals surface area contributed by atoms with Crippen molar-refractivity contribution in [2.45, 2.75) is 26.2 Å². The second-order valence-corrected chi connectivity index (χ2v) is 2.53. The van der Waals surface area contributed by atoms with E-state index in [-0.39, 0.29) is 12.2 Å². The monoisotopic (exact) mass is 170 g/mol. The molecule has 0 spiro atoms. The van der Waals surface area contributed by atoms with Crippen molar-refractivity contribution in [2.75, 3.05) is 6.61 Å². The summed E-state index contributed by atoms with van der Waals surface area (Å²) in [6, 6.07) is 0. The zero-order valence-electron chi connectivity index (χ0n) is 7.34. The van der Waals surface area contributed by atoms with Crippen LogP contribution in [-0.4, -0.2) is 18.4 Å². The predicted molar refractivity (Wildman–Crippen MR) is 45.7 cm³/mol. The number of Topliss-reactive ketones (excluding diaryl/α,β-unsaturated/α-hetero) is 1. The molecule has 0 N–H and O–H groups in total. The summed E-state index contributed by atoms with van der Waals surface area (Å²) < 4.78 is 4.75. The maximum Gasteiger partial charge on any atom is 0.313 e. The lowest BCUT2D eigenvalue weighted by atomic mass is 10.3. The van der Waals surface area contributed by atoms with Crippen LogP contribution in [0.4, 0.5) is 0 Å². The summed E-state index contributed by atoms with van der Waals surface area (Å²) in [7, 11) is 0. The minimum Gasteiger partial charge on any atom is -0.465 e. The second kappa shape index (κ2) is 6.58. The molecule has 0 aliphatic heterocycles. The Bertz CT molecular complexity index is 173. The van der Waals surface area contributed by atoms with Gasteiger partial charge in [-0.15, -0.1) is 6.58 Å². The quantitative estimate of drug-likeness (QED) is 0.262. The smallest absolute Gasteiger partial charge is 0.313 e. The normalized spacial score (nSPS) is 9.08. The van der Waals surface area contributed by atoms with Crippen LogP contribution in [0.1, 0.15) is 26.2 Å². The standard InChI is InChI=1S/C9H14O3/c1-3-4-5-6-12-9(11)7-8(2)10/h3H,1,4-7H2,2H3. The van der Waals surface area contributed by atoms with Crippen molar-refractivity contribution in [1.29, 1.82) is 0 Å². The number of ketones is 1. The fourth-order valence-electron chi connectivity index (χ4n) is 0.668. The number of hydrogen-bond acceptors (Lipinski definition) is 3. The van der Waals surface area contributed by atoms with Gasteiger partial charge in [0.25, 0.3) is 0 Å². The first kappa shape index (κ1) is 10.9. The van der Waals surface area contributed by atoms with Gasteiger partial charge in [0.1, 0.15) is 12.2 Å². The van der Waals surface area contributed by atoms with Crippen LogP contribution in [0.3, 0.4) is 0 Å². The third-order valence-electron chi connectivity index (χ3n) is 1.21. The van der Waals surface area contributed by atoms with Crippen molar-refractivity contribution in [1.82, 2.24) is 0 Å². The van der Waals surface area contributed by atoms with E-state index in [9.17, 15) is 9.59 Å². The van der Waals surface area contributed by atoms with Crippen molar-refractivity contribution in [3.05, 3.63) is 12.7 Å². The third-order valence-corrected chi connectivity index (χ3v) is 1.21. The Morgan fingerprint density at radius 3 is 2.67 bits per heavy atom. The summed E-state index contributed by atoms with van der Waals surface area (Å²) >= 11 is 0. The highest BCUT2D eigenvalue weighted by atomic mass is 16.5. The van der Waals surface area contributed by atoms with Gasteiger partial charge in [0, 0.05) is 0 Å². The van der Waals surface area contributed by atoms with E-state index in [0.29, 0.717) is 6.61 Å². The van der Waals surface area contributed by atoms with E-state index in [1.165, 1.54) is 6.92 Å². The first-order chi connectivity index (χ1) is 5.66. The van der Waals surface area contributed by atoms with Gasteiger partial charge in [0.15, 0.2) is 0 Å². The SMILES string of the molecule is C=CCCCOC(=O)CC(C)=O. The Labute approximate surface area is 72.4 Å². The Morgan fingerprint density at radius 2 is 2.17 bits per heavy atom. The molecule has 0 unspecified atom stereocenters. The van der Waals surface area contributed by atoms with Crippen LogP contribution in [0.2, 0.25) is 0 Å². The number of carbonyl (C=O) groups excluding carboxylic acids is 2. The van der Waals surface area contributed by atoms with Gasteiger partial charge in [0.05, 0.1) is 6.61 Å². The second-order valence-electron chi connectivity index (χ2n) is 2.53. The van der Waals surface area contributed by atoms with Crippen molar-refractivity contribution >= 4 is 11.8 Å². The number of rotatable bonds is 6. The molecule has 0 fully saturated rings. The molecule has 0 aliphatic rings. The van der Waals surface area contributed by atoms with E-state index in [4.69, 9.17) is 4.74 Å². The molecule has 3 heteroatoms. The molecule has 0 aliphatic carbocycles. The van der Waals surface area contributed by atoms with Crippen molar-refractivity contribution < 1.29 is 14.3 Å². The molecule has 12 heavy (non-hydrogen) atoms. The number of hydrogen-bond donors (Lipinski definition) is 0. The molecular formula is C9H14O3. The van der Waals surface area contributed by atoms with Gasteiger partial charge in [-0.2, -0.15) is 0 Å². The fraction of sp³-hybridized carbons (Fsp3) is 0.556. The molecule has 68 valence electrons. The zero-order chi connectivity index (χ0) is 9.40. The molecule has 0 bridgehead atoms. The molecule has 0 atom stereocenters.